The molecule has 0 bridgehead atoms. The molecule has 1 aromatic rings. The Labute approximate surface area is 118 Å². The van der Waals surface area contributed by atoms with E-state index in [0.29, 0.717) is 12.2 Å². The molecular weight excluding hydrogens is 256 g/mol. The second-order valence-corrected chi connectivity index (χ2v) is 5.35. The van der Waals surface area contributed by atoms with E-state index in [0.717, 1.165) is 37.8 Å². The van der Waals surface area contributed by atoms with Crippen LogP contribution in [0.15, 0.2) is 6.07 Å². The molecule has 0 unspecified atom stereocenters. The summed E-state index contributed by atoms with van der Waals surface area (Å²) in [6.07, 6.45) is 4.95. The number of piperidine rings is 1. The van der Waals surface area contributed by atoms with Crippen LogP contribution in [0.3, 0.4) is 0 Å². The quantitative estimate of drug-likeness (QED) is 0.848. The van der Waals surface area contributed by atoms with Crippen molar-refractivity contribution >= 4 is 11.8 Å². The maximum absolute atomic E-state index is 12.5. The third-order valence-electron chi connectivity index (χ3n) is 3.69. The van der Waals surface area contributed by atoms with Gasteiger partial charge in [0.25, 0.3) is 5.91 Å². The van der Waals surface area contributed by atoms with E-state index in [1.165, 1.54) is 0 Å². The Balaban J connectivity index is 2.09. The smallest absolute Gasteiger partial charge is 0.274 e. The van der Waals surface area contributed by atoms with Crippen molar-refractivity contribution in [2.24, 2.45) is 5.73 Å². The summed E-state index contributed by atoms with van der Waals surface area (Å²) in [6.45, 7) is 2.75. The summed E-state index contributed by atoms with van der Waals surface area (Å²) in [6, 6.07) is 1.72. The maximum atomic E-state index is 12.5. The van der Waals surface area contributed by atoms with Gasteiger partial charge >= 0.3 is 0 Å². The van der Waals surface area contributed by atoms with E-state index < -0.39 is 0 Å². The van der Waals surface area contributed by atoms with Gasteiger partial charge in [-0.05, 0) is 31.7 Å². The summed E-state index contributed by atoms with van der Waals surface area (Å²) < 4.78 is 0. The Bertz CT molecular complexity index is 483. The molecule has 6 nitrogen and oxygen atoms in total. The number of carbonyl (C=O) groups excluding carboxylic acids is 2. The van der Waals surface area contributed by atoms with Crippen molar-refractivity contribution in [3.63, 3.8) is 0 Å². The molecule has 0 saturated carbocycles. The van der Waals surface area contributed by atoms with Gasteiger partial charge in [-0.2, -0.15) is 5.10 Å². The van der Waals surface area contributed by atoms with Gasteiger partial charge in [0, 0.05) is 24.7 Å². The second kappa shape index (κ2) is 6.54. The molecule has 6 heteroatoms. The zero-order valence-electron chi connectivity index (χ0n) is 11.9. The lowest BCUT2D eigenvalue weighted by Crippen LogP contribution is -2.45. The van der Waals surface area contributed by atoms with Crippen molar-refractivity contribution < 1.29 is 9.59 Å². The fraction of sp³-hybridized carbons (Fsp3) is 0.643. The molecule has 1 aliphatic heterocycles. The first kappa shape index (κ1) is 14.6. The molecule has 1 saturated heterocycles. The highest BCUT2D eigenvalue weighted by Gasteiger charge is 2.29. The molecule has 1 aliphatic rings. The van der Waals surface area contributed by atoms with Crippen LogP contribution in [-0.4, -0.2) is 39.5 Å². The number of hydrogen-bond acceptors (Lipinski definition) is 3. The first-order valence-electron chi connectivity index (χ1n) is 7.25. The molecule has 2 rings (SSSR count). The van der Waals surface area contributed by atoms with E-state index in [-0.39, 0.29) is 24.3 Å². The number of hydrogen-bond donors (Lipinski definition) is 2. The number of H-pyrrole nitrogens is 1. The van der Waals surface area contributed by atoms with Gasteiger partial charge in [-0.15, -0.1) is 0 Å². The van der Waals surface area contributed by atoms with Crippen LogP contribution in [0.2, 0.25) is 0 Å². The molecule has 2 heterocycles. The number of nitrogens with zero attached hydrogens (tertiary/aromatic N) is 2. The minimum Gasteiger partial charge on any atom is -0.370 e. The summed E-state index contributed by atoms with van der Waals surface area (Å²) >= 11 is 0. The average Bonchev–Trinajstić information content (AvgIpc) is 2.87. The van der Waals surface area contributed by atoms with E-state index in [1.54, 1.807) is 4.90 Å². The predicted molar refractivity (Wildman–Crippen MR) is 75.1 cm³/mol. The summed E-state index contributed by atoms with van der Waals surface area (Å²) in [5.41, 5.74) is 6.68. The molecule has 0 aliphatic carbocycles. The van der Waals surface area contributed by atoms with E-state index in [9.17, 15) is 9.59 Å². The Morgan fingerprint density at radius 1 is 1.50 bits per heavy atom. The van der Waals surface area contributed by atoms with E-state index in [1.807, 2.05) is 6.07 Å². The molecular formula is C14H22N4O2. The number of aromatic nitrogens is 2. The monoisotopic (exact) mass is 278 g/mol. The maximum Gasteiger partial charge on any atom is 0.274 e. The fourth-order valence-electron chi connectivity index (χ4n) is 2.73. The van der Waals surface area contributed by atoms with Crippen molar-refractivity contribution in [2.75, 3.05) is 6.54 Å². The van der Waals surface area contributed by atoms with Crippen molar-refractivity contribution in [2.45, 2.75) is 51.5 Å². The Hall–Kier alpha value is -1.85. The molecule has 110 valence electrons. The molecule has 3 N–H and O–H groups in total. The number of amides is 2. The number of rotatable bonds is 5. The van der Waals surface area contributed by atoms with Gasteiger partial charge in [-0.1, -0.05) is 13.3 Å². The van der Waals surface area contributed by atoms with Gasteiger partial charge in [0.15, 0.2) is 0 Å². The number of aryl methyl sites for hydroxylation is 1. The van der Waals surface area contributed by atoms with Crippen LogP contribution < -0.4 is 5.73 Å². The van der Waals surface area contributed by atoms with Crippen molar-refractivity contribution in [3.05, 3.63) is 17.5 Å². The average molecular weight is 278 g/mol. The van der Waals surface area contributed by atoms with Crippen LogP contribution >= 0.6 is 0 Å². The lowest BCUT2D eigenvalue weighted by Gasteiger charge is -2.34. The number of carbonyl (C=O) groups is 2. The van der Waals surface area contributed by atoms with Gasteiger partial charge in [0.1, 0.15) is 5.69 Å². The van der Waals surface area contributed by atoms with E-state index >= 15 is 0 Å². The predicted octanol–water partition coefficient (Wildman–Crippen LogP) is 1.23. The number of likely N-dealkylation sites (tertiary alicyclic amines) is 1. The van der Waals surface area contributed by atoms with Crippen molar-refractivity contribution in [1.29, 1.82) is 0 Å². The van der Waals surface area contributed by atoms with Crippen LogP contribution in [0.4, 0.5) is 0 Å². The van der Waals surface area contributed by atoms with Gasteiger partial charge in [0.2, 0.25) is 5.91 Å². The fourth-order valence-corrected chi connectivity index (χ4v) is 2.73. The van der Waals surface area contributed by atoms with Gasteiger partial charge < -0.3 is 10.6 Å². The molecule has 1 fully saturated rings. The van der Waals surface area contributed by atoms with Crippen LogP contribution in [0.5, 0.6) is 0 Å². The zero-order chi connectivity index (χ0) is 14.5. The number of nitrogens with two attached hydrogens (primary N) is 1. The highest BCUT2D eigenvalue weighted by Crippen LogP contribution is 2.21. The van der Waals surface area contributed by atoms with Gasteiger partial charge in [-0.3, -0.25) is 14.7 Å². The number of nitrogens with one attached hydrogen (secondary N) is 1. The Kier molecular flexibility index (Phi) is 4.76. The standard InChI is InChI=1S/C14H22N4O2/c1-2-5-10-8-12(17-16-10)14(20)18-7-4-3-6-11(18)9-13(15)19/h8,11H,2-7,9H2,1H3,(H2,15,19)(H,16,17)/t11-/m0/s1. The third-order valence-corrected chi connectivity index (χ3v) is 3.69. The first-order chi connectivity index (χ1) is 9.61. The van der Waals surface area contributed by atoms with Crippen LogP contribution in [0.1, 0.15) is 55.2 Å². The summed E-state index contributed by atoms with van der Waals surface area (Å²) in [7, 11) is 0. The molecule has 1 atom stereocenters. The normalized spacial score (nSPS) is 19.1. The molecule has 20 heavy (non-hydrogen) atoms. The highest BCUT2D eigenvalue weighted by molar-refractivity contribution is 5.93. The van der Waals surface area contributed by atoms with E-state index in [4.69, 9.17) is 5.73 Å². The third kappa shape index (κ3) is 3.37. The van der Waals surface area contributed by atoms with Crippen LogP contribution in [-0.2, 0) is 11.2 Å². The Morgan fingerprint density at radius 3 is 3.00 bits per heavy atom. The zero-order valence-corrected chi connectivity index (χ0v) is 11.9. The number of primary amides is 1. The molecule has 1 aromatic heterocycles. The van der Waals surface area contributed by atoms with Crippen molar-refractivity contribution in [1.82, 2.24) is 15.1 Å². The lowest BCUT2D eigenvalue weighted by atomic mass is 9.98. The molecule has 0 aromatic carbocycles. The summed E-state index contributed by atoms with van der Waals surface area (Å²) in [5, 5.41) is 6.98. The van der Waals surface area contributed by atoms with Crippen LogP contribution in [0.25, 0.3) is 0 Å². The molecule has 0 radical (unpaired) electrons. The largest absolute Gasteiger partial charge is 0.370 e. The lowest BCUT2D eigenvalue weighted by molar-refractivity contribution is -0.119. The van der Waals surface area contributed by atoms with Crippen LogP contribution in [0, 0.1) is 0 Å². The molecule has 0 spiro atoms. The van der Waals surface area contributed by atoms with E-state index in [2.05, 4.69) is 17.1 Å². The first-order valence-corrected chi connectivity index (χ1v) is 7.25. The Morgan fingerprint density at radius 2 is 2.30 bits per heavy atom. The minimum atomic E-state index is -0.358. The summed E-state index contributed by atoms with van der Waals surface area (Å²) in [4.78, 5) is 25.4. The highest BCUT2D eigenvalue weighted by atomic mass is 16.2. The van der Waals surface area contributed by atoms with Gasteiger partial charge in [0.05, 0.1) is 0 Å². The minimum absolute atomic E-state index is 0.0833. The number of aromatic amines is 1. The topological polar surface area (TPSA) is 92.1 Å². The summed E-state index contributed by atoms with van der Waals surface area (Å²) in [5.74, 6) is -0.460. The second-order valence-electron chi connectivity index (χ2n) is 5.35. The SMILES string of the molecule is CCCc1cc(C(=O)N2CCCC[C@H]2CC(N)=O)n[nH]1. The molecule has 2 amide bonds. The van der Waals surface area contributed by atoms with Gasteiger partial charge in [-0.25, -0.2) is 0 Å². The van der Waals surface area contributed by atoms with Crippen molar-refractivity contribution in [3.8, 4) is 0 Å².